The molecule has 0 aliphatic carbocycles. The van der Waals surface area contributed by atoms with Crippen molar-refractivity contribution in [3.63, 3.8) is 0 Å². The van der Waals surface area contributed by atoms with Crippen molar-refractivity contribution in [3.8, 4) is 11.8 Å². The lowest BCUT2D eigenvalue weighted by Crippen LogP contribution is -2.40. The van der Waals surface area contributed by atoms with Gasteiger partial charge in [0.05, 0.1) is 18.1 Å². The fourth-order valence-corrected chi connectivity index (χ4v) is 3.48. The predicted molar refractivity (Wildman–Crippen MR) is 112 cm³/mol. The van der Waals surface area contributed by atoms with Crippen LogP contribution in [0.5, 0.6) is 0 Å². The Labute approximate surface area is 167 Å². The van der Waals surface area contributed by atoms with E-state index in [1.807, 2.05) is 6.08 Å². The minimum Gasteiger partial charge on any atom is -0.406 e. The first kappa shape index (κ1) is 21.9. The Balaban J connectivity index is 1.97. The summed E-state index contributed by atoms with van der Waals surface area (Å²) >= 11 is 0. The molecule has 1 aliphatic heterocycles. The van der Waals surface area contributed by atoms with Crippen molar-refractivity contribution in [1.82, 2.24) is 4.90 Å². The highest BCUT2D eigenvalue weighted by Gasteiger charge is 2.36. The van der Waals surface area contributed by atoms with Crippen molar-refractivity contribution in [3.05, 3.63) is 52.2 Å². The van der Waals surface area contributed by atoms with Crippen LogP contribution in [0.2, 0.25) is 18.1 Å². The van der Waals surface area contributed by atoms with Gasteiger partial charge in [0.15, 0.2) is 8.32 Å². The van der Waals surface area contributed by atoms with Crippen LogP contribution in [-0.4, -0.2) is 37.2 Å². The van der Waals surface area contributed by atoms with Crippen LogP contribution in [0.15, 0.2) is 36.5 Å². The number of allylic oxidation sites excluding steroid dienone is 1. The highest BCUT2D eigenvalue weighted by Crippen LogP contribution is 2.36. The lowest BCUT2D eigenvalue weighted by molar-refractivity contribution is -0.385. The normalized spacial score (nSPS) is 17.2. The Kier molecular flexibility index (Phi) is 6.81. The number of carbonyl (C=O) groups excluding carboxylic acids is 1. The summed E-state index contributed by atoms with van der Waals surface area (Å²) in [4.78, 5) is 24.8. The van der Waals surface area contributed by atoms with E-state index in [0.29, 0.717) is 18.7 Å². The maximum Gasteiger partial charge on any atom is 0.273 e. The number of para-hydroxylation sites is 1. The summed E-state index contributed by atoms with van der Waals surface area (Å²) in [6.45, 7) is 11.5. The smallest absolute Gasteiger partial charge is 0.273 e. The minimum absolute atomic E-state index is 0.0426. The van der Waals surface area contributed by atoms with Crippen LogP contribution in [0.3, 0.4) is 0 Å². The van der Waals surface area contributed by atoms with E-state index in [0.717, 1.165) is 0 Å². The van der Waals surface area contributed by atoms with Gasteiger partial charge < -0.3 is 9.33 Å². The maximum atomic E-state index is 12.4. The lowest BCUT2D eigenvalue weighted by Gasteiger charge is -2.35. The molecule has 0 aromatic heterocycles. The summed E-state index contributed by atoms with van der Waals surface area (Å²) in [7, 11) is -1.82. The third-order valence-corrected chi connectivity index (χ3v) is 9.91. The number of benzene rings is 1. The molecule has 28 heavy (non-hydrogen) atoms. The monoisotopic (exact) mass is 400 g/mol. The summed E-state index contributed by atoms with van der Waals surface area (Å²) in [5.74, 6) is 5.60. The van der Waals surface area contributed by atoms with Gasteiger partial charge in [-0.1, -0.05) is 56.9 Å². The molecule has 0 radical (unpaired) electrons. The minimum atomic E-state index is -1.82. The zero-order valence-electron chi connectivity index (χ0n) is 17.2. The van der Waals surface area contributed by atoms with Crippen molar-refractivity contribution < 1.29 is 14.1 Å². The molecule has 0 N–H and O–H groups in total. The van der Waals surface area contributed by atoms with E-state index in [2.05, 4.69) is 45.7 Å². The highest BCUT2D eigenvalue weighted by molar-refractivity contribution is 6.74. The molecule has 6 nitrogen and oxygen atoms in total. The van der Waals surface area contributed by atoms with Crippen LogP contribution < -0.4 is 0 Å². The van der Waals surface area contributed by atoms with Crippen molar-refractivity contribution in [2.24, 2.45) is 0 Å². The molecule has 1 atom stereocenters. The molecule has 0 bridgehead atoms. The van der Waals surface area contributed by atoms with Crippen LogP contribution in [0, 0.1) is 22.0 Å². The number of hydrogen-bond acceptors (Lipinski definition) is 4. The Hall–Kier alpha value is -2.43. The second-order valence-electron chi connectivity index (χ2n) is 8.39. The molecule has 1 aromatic rings. The molecule has 0 spiro atoms. The average Bonchev–Trinajstić information content (AvgIpc) is 2.61. The largest absolute Gasteiger partial charge is 0.406 e. The van der Waals surface area contributed by atoms with E-state index in [-0.39, 0.29) is 29.0 Å². The Morgan fingerprint density at radius 3 is 2.57 bits per heavy atom. The molecule has 0 saturated carbocycles. The summed E-state index contributed by atoms with van der Waals surface area (Å²) < 4.78 is 6.00. The van der Waals surface area contributed by atoms with Crippen molar-refractivity contribution in [2.45, 2.75) is 51.2 Å². The molecule has 1 heterocycles. The topological polar surface area (TPSA) is 72.7 Å². The third-order valence-electron chi connectivity index (χ3n) is 5.43. The van der Waals surface area contributed by atoms with Gasteiger partial charge in [-0.25, -0.2) is 0 Å². The first-order chi connectivity index (χ1) is 13.0. The van der Waals surface area contributed by atoms with Crippen LogP contribution >= 0.6 is 0 Å². The van der Waals surface area contributed by atoms with Crippen molar-refractivity contribution in [1.29, 1.82) is 0 Å². The molecule has 0 fully saturated rings. The van der Waals surface area contributed by atoms with Gasteiger partial charge in [-0.05, 0) is 18.1 Å². The van der Waals surface area contributed by atoms with E-state index in [1.165, 1.54) is 6.07 Å². The molecule has 1 amide bonds. The summed E-state index contributed by atoms with van der Waals surface area (Å²) in [5.41, 5.74) is 0.603. The summed E-state index contributed by atoms with van der Waals surface area (Å²) in [6.07, 6.45) is 3.71. The summed E-state index contributed by atoms with van der Waals surface area (Å²) in [5, 5.41) is 11.3. The second-order valence-corrected chi connectivity index (χ2v) is 13.2. The number of amides is 1. The molecule has 0 unspecified atom stereocenters. The zero-order valence-corrected chi connectivity index (χ0v) is 18.2. The molecule has 0 saturated heterocycles. The molecule has 2 rings (SSSR count). The quantitative estimate of drug-likeness (QED) is 0.317. The third kappa shape index (κ3) is 5.30. The molecular formula is C21H28N2O4Si. The number of carbonyl (C=O) groups is 1. The number of nitro benzene ring substituents is 1. The number of nitrogens with zero attached hydrogens (tertiary/aromatic N) is 2. The maximum absolute atomic E-state index is 12.4. The van der Waals surface area contributed by atoms with Gasteiger partial charge in [0.1, 0.15) is 0 Å². The molecular weight excluding hydrogens is 372 g/mol. The van der Waals surface area contributed by atoms with Gasteiger partial charge in [-0.15, -0.1) is 0 Å². The summed E-state index contributed by atoms with van der Waals surface area (Å²) in [6, 6.07) is 6.55. The van der Waals surface area contributed by atoms with E-state index in [1.54, 1.807) is 29.3 Å². The average molecular weight is 401 g/mol. The van der Waals surface area contributed by atoms with E-state index >= 15 is 0 Å². The fourth-order valence-electron chi connectivity index (χ4n) is 2.61. The van der Waals surface area contributed by atoms with Crippen LogP contribution in [0.25, 0.3) is 0 Å². The standard InChI is InChI=1S/C21H28N2O4Si/c1-21(2,3)28(4,5)27-15-9-8-13-22-14-12-17(16-20(22)24)18-10-6-7-11-19(18)23(25)26/h6-7,10-12,14,17H,13,15-16H2,1-5H3/t17-/m1/s1. The van der Waals surface area contributed by atoms with E-state index in [4.69, 9.17) is 4.43 Å². The van der Waals surface area contributed by atoms with Crippen LogP contribution in [0.4, 0.5) is 5.69 Å². The molecule has 150 valence electrons. The highest BCUT2D eigenvalue weighted by atomic mass is 28.4. The van der Waals surface area contributed by atoms with Gasteiger partial charge >= 0.3 is 0 Å². The van der Waals surface area contributed by atoms with Gasteiger partial charge in [0.2, 0.25) is 5.91 Å². The number of rotatable bonds is 5. The van der Waals surface area contributed by atoms with Crippen molar-refractivity contribution >= 4 is 19.9 Å². The van der Waals surface area contributed by atoms with E-state index < -0.39 is 13.2 Å². The van der Waals surface area contributed by atoms with Crippen LogP contribution in [0.1, 0.15) is 38.7 Å². The van der Waals surface area contributed by atoms with Gasteiger partial charge in [-0.2, -0.15) is 0 Å². The number of nitro groups is 1. The Morgan fingerprint density at radius 2 is 1.96 bits per heavy atom. The lowest BCUT2D eigenvalue weighted by atomic mass is 9.92. The predicted octanol–water partition coefficient (Wildman–Crippen LogP) is 4.45. The molecule has 1 aliphatic rings. The Bertz CT molecular complexity index is 831. The first-order valence-corrected chi connectivity index (χ1v) is 12.2. The first-order valence-electron chi connectivity index (χ1n) is 9.34. The van der Waals surface area contributed by atoms with Gasteiger partial charge in [-0.3, -0.25) is 14.9 Å². The molecule has 7 heteroatoms. The van der Waals surface area contributed by atoms with Gasteiger partial charge in [0, 0.05) is 30.2 Å². The second kappa shape index (κ2) is 8.72. The van der Waals surface area contributed by atoms with E-state index in [9.17, 15) is 14.9 Å². The number of hydrogen-bond donors (Lipinski definition) is 0. The van der Waals surface area contributed by atoms with Gasteiger partial charge in [0.25, 0.3) is 5.69 Å². The SMILES string of the molecule is CC(C)(C)[Si](C)(C)OCC#CCN1C=C[C@@H](c2ccccc2[N+](=O)[O-])CC1=O. The molecule has 1 aromatic carbocycles. The Morgan fingerprint density at radius 1 is 1.29 bits per heavy atom. The zero-order chi connectivity index (χ0) is 20.9. The van der Waals surface area contributed by atoms with Crippen molar-refractivity contribution in [2.75, 3.05) is 13.2 Å². The van der Waals surface area contributed by atoms with Crippen LogP contribution in [-0.2, 0) is 9.22 Å². The fraction of sp³-hybridized carbons (Fsp3) is 0.476.